The molecule has 1 aromatic carbocycles. The number of hydrogen-bond donors (Lipinski definition) is 0. The van der Waals surface area contributed by atoms with Gasteiger partial charge in [0.15, 0.2) is 0 Å². The third kappa shape index (κ3) is 2.70. The highest BCUT2D eigenvalue weighted by molar-refractivity contribution is 8.04. The summed E-state index contributed by atoms with van der Waals surface area (Å²) in [6.07, 6.45) is 4.86. The molecule has 0 N–H and O–H groups in total. The summed E-state index contributed by atoms with van der Waals surface area (Å²) in [6.45, 7) is 9.03. The number of thiophene rings is 1. The lowest BCUT2D eigenvalue weighted by Crippen LogP contribution is -1.98. The van der Waals surface area contributed by atoms with Gasteiger partial charge in [-0.15, -0.1) is 23.1 Å². The van der Waals surface area contributed by atoms with Gasteiger partial charge < -0.3 is 0 Å². The Hall–Kier alpha value is -2.17. The number of nitrogens with zero attached hydrogens (tertiary/aromatic N) is 2. The summed E-state index contributed by atoms with van der Waals surface area (Å²) < 4.78 is 0. The minimum absolute atomic E-state index is 0.615. The zero-order valence-corrected chi connectivity index (χ0v) is 18.2. The van der Waals surface area contributed by atoms with E-state index in [9.17, 15) is 0 Å². The molecule has 0 spiro atoms. The van der Waals surface area contributed by atoms with Crippen molar-refractivity contribution in [1.82, 2.24) is 9.97 Å². The van der Waals surface area contributed by atoms with Crippen LogP contribution in [0.2, 0.25) is 0 Å². The molecule has 0 bridgehead atoms. The number of aromatic nitrogens is 2. The van der Waals surface area contributed by atoms with Gasteiger partial charge in [0.2, 0.25) is 0 Å². The zero-order chi connectivity index (χ0) is 19.4. The van der Waals surface area contributed by atoms with Crippen molar-refractivity contribution in [1.29, 1.82) is 0 Å². The molecule has 4 aromatic rings. The summed E-state index contributed by atoms with van der Waals surface area (Å²) >= 11 is 3.87. The molecule has 0 fully saturated rings. The summed E-state index contributed by atoms with van der Waals surface area (Å²) in [5, 5.41) is 3.04. The van der Waals surface area contributed by atoms with Crippen LogP contribution in [0.15, 0.2) is 47.6 Å². The number of rotatable bonds is 2. The molecule has 28 heavy (non-hydrogen) atoms. The molecule has 5 rings (SSSR count). The lowest BCUT2D eigenvalue weighted by molar-refractivity contribution is 1.02. The van der Waals surface area contributed by atoms with Crippen molar-refractivity contribution in [3.05, 3.63) is 62.9 Å². The molecule has 4 heterocycles. The van der Waals surface area contributed by atoms with E-state index in [2.05, 4.69) is 52.0 Å². The van der Waals surface area contributed by atoms with E-state index < -0.39 is 0 Å². The minimum atomic E-state index is 0.615. The van der Waals surface area contributed by atoms with Gasteiger partial charge in [0.25, 0.3) is 0 Å². The van der Waals surface area contributed by atoms with Crippen LogP contribution in [-0.2, 0) is 0 Å². The molecule has 1 unspecified atom stereocenters. The lowest BCUT2D eigenvalue weighted by atomic mass is 9.86. The van der Waals surface area contributed by atoms with E-state index in [0.717, 1.165) is 17.5 Å². The number of aryl methyl sites for hydroxylation is 2. The Morgan fingerprint density at radius 2 is 1.57 bits per heavy atom. The van der Waals surface area contributed by atoms with Gasteiger partial charge in [0, 0.05) is 43.7 Å². The van der Waals surface area contributed by atoms with Crippen molar-refractivity contribution in [3.8, 4) is 11.1 Å². The smallest absolute Gasteiger partial charge is 0.0971 e. The molecule has 1 aliphatic rings. The molecule has 4 heteroatoms. The maximum Gasteiger partial charge on any atom is 0.0971 e. The van der Waals surface area contributed by atoms with Crippen molar-refractivity contribution < 1.29 is 0 Å². The molecule has 2 nitrogen and oxygen atoms in total. The monoisotopic (exact) mass is 402 g/mol. The zero-order valence-electron chi connectivity index (χ0n) is 16.5. The first-order chi connectivity index (χ1) is 13.5. The number of allylic oxidation sites excluding steroid dienone is 2. The Morgan fingerprint density at radius 3 is 2.11 bits per heavy atom. The van der Waals surface area contributed by atoms with E-state index in [0.29, 0.717) is 5.25 Å². The SMILES string of the molecule is CC1=C(c2c(-c3cc(C)sc3C)c3cccnc3c3ncccc23)CC(C)S1. The van der Waals surface area contributed by atoms with Crippen LogP contribution in [0.5, 0.6) is 0 Å². The molecule has 3 aromatic heterocycles. The van der Waals surface area contributed by atoms with Crippen molar-refractivity contribution in [2.45, 2.75) is 39.4 Å². The minimum Gasteiger partial charge on any atom is -0.254 e. The summed E-state index contributed by atoms with van der Waals surface area (Å²) in [5.74, 6) is 0. The largest absolute Gasteiger partial charge is 0.254 e. The van der Waals surface area contributed by atoms with Gasteiger partial charge in [-0.05, 0) is 67.0 Å². The fourth-order valence-electron chi connectivity index (χ4n) is 4.46. The predicted octanol–water partition coefficient (Wildman–Crippen LogP) is 7.38. The molecule has 0 radical (unpaired) electrons. The second kappa shape index (κ2) is 6.71. The van der Waals surface area contributed by atoms with Gasteiger partial charge in [0.05, 0.1) is 11.0 Å². The predicted molar refractivity (Wildman–Crippen MR) is 124 cm³/mol. The number of benzene rings is 1. The summed E-state index contributed by atoms with van der Waals surface area (Å²) in [5.41, 5.74) is 7.50. The maximum absolute atomic E-state index is 4.76. The molecule has 0 saturated heterocycles. The van der Waals surface area contributed by atoms with Gasteiger partial charge >= 0.3 is 0 Å². The van der Waals surface area contributed by atoms with E-state index >= 15 is 0 Å². The van der Waals surface area contributed by atoms with E-state index in [-0.39, 0.29) is 0 Å². The van der Waals surface area contributed by atoms with Gasteiger partial charge in [-0.2, -0.15) is 0 Å². The first kappa shape index (κ1) is 17.9. The number of fused-ring (bicyclic) bond motifs is 3. The third-order valence-electron chi connectivity index (χ3n) is 5.54. The molecule has 0 aliphatic carbocycles. The Balaban J connectivity index is 2.02. The van der Waals surface area contributed by atoms with Crippen molar-refractivity contribution in [3.63, 3.8) is 0 Å². The Kier molecular flexibility index (Phi) is 4.29. The van der Waals surface area contributed by atoms with E-state index in [1.165, 1.54) is 47.7 Å². The van der Waals surface area contributed by atoms with E-state index in [4.69, 9.17) is 9.97 Å². The van der Waals surface area contributed by atoms with Gasteiger partial charge in [-0.25, -0.2) is 0 Å². The van der Waals surface area contributed by atoms with E-state index in [1.54, 1.807) is 0 Å². The van der Waals surface area contributed by atoms with E-state index in [1.807, 2.05) is 41.6 Å². The molecule has 0 amide bonds. The summed E-state index contributed by atoms with van der Waals surface area (Å²) in [6, 6.07) is 10.9. The first-order valence-corrected chi connectivity index (χ1v) is 11.3. The van der Waals surface area contributed by atoms with Crippen LogP contribution < -0.4 is 0 Å². The second-order valence-electron chi connectivity index (χ2n) is 7.54. The number of thioether (sulfide) groups is 1. The first-order valence-electron chi connectivity index (χ1n) is 9.64. The van der Waals surface area contributed by atoms with Crippen LogP contribution in [0.1, 0.15) is 35.6 Å². The standard InChI is InChI=1S/C24H22N2S2/c1-13-11-19(15(3)27-13)21-17-7-5-9-25-23(17)24-18(8-6-10-26-24)22(21)20-12-14(2)28-16(20)4/h5-11,14H,12H2,1-4H3. The fourth-order valence-corrected chi connectivity index (χ4v) is 6.57. The normalized spacial score (nSPS) is 17.2. The van der Waals surface area contributed by atoms with Crippen LogP contribution >= 0.6 is 23.1 Å². The summed E-state index contributed by atoms with van der Waals surface area (Å²) in [4.78, 5) is 13.7. The highest BCUT2D eigenvalue weighted by Gasteiger charge is 2.27. The molecule has 1 atom stereocenters. The summed E-state index contributed by atoms with van der Waals surface area (Å²) in [7, 11) is 0. The maximum atomic E-state index is 4.76. The van der Waals surface area contributed by atoms with Crippen molar-refractivity contribution in [2.75, 3.05) is 0 Å². The second-order valence-corrected chi connectivity index (χ2v) is 10.7. The average molecular weight is 403 g/mol. The number of pyridine rings is 2. The highest BCUT2D eigenvalue weighted by Crippen LogP contribution is 2.50. The molecule has 140 valence electrons. The van der Waals surface area contributed by atoms with Crippen molar-refractivity contribution in [2.24, 2.45) is 0 Å². The van der Waals surface area contributed by atoms with Gasteiger partial charge in [0.1, 0.15) is 0 Å². The number of hydrogen-bond acceptors (Lipinski definition) is 4. The molecular weight excluding hydrogens is 380 g/mol. The Morgan fingerprint density at radius 1 is 0.929 bits per heavy atom. The van der Waals surface area contributed by atoms with Gasteiger partial charge in [-0.1, -0.05) is 19.1 Å². The fraction of sp³-hybridized carbons (Fsp3) is 0.250. The van der Waals surface area contributed by atoms with Crippen LogP contribution in [0.25, 0.3) is 38.5 Å². The Bertz CT molecular complexity index is 1270. The highest BCUT2D eigenvalue weighted by atomic mass is 32.2. The molecule has 1 aliphatic heterocycles. The van der Waals surface area contributed by atoms with Gasteiger partial charge in [-0.3, -0.25) is 9.97 Å². The van der Waals surface area contributed by atoms with Crippen molar-refractivity contribution >= 4 is 50.5 Å². The lowest BCUT2D eigenvalue weighted by Gasteiger charge is -2.18. The van der Waals surface area contributed by atoms with Crippen LogP contribution in [0, 0.1) is 13.8 Å². The Labute approximate surface area is 173 Å². The third-order valence-corrected chi connectivity index (χ3v) is 7.67. The molecular formula is C24H22N2S2. The van der Waals surface area contributed by atoms with Crippen LogP contribution in [0.4, 0.5) is 0 Å². The quantitative estimate of drug-likeness (QED) is 0.327. The van der Waals surface area contributed by atoms with Crippen LogP contribution in [0.3, 0.4) is 0 Å². The topological polar surface area (TPSA) is 25.8 Å². The molecule has 0 saturated carbocycles. The van der Waals surface area contributed by atoms with Crippen LogP contribution in [-0.4, -0.2) is 15.2 Å². The average Bonchev–Trinajstić information content (AvgIpc) is 3.20.